The first kappa shape index (κ1) is 6.67. The highest BCUT2D eigenvalue weighted by Gasteiger charge is 2.45. The first-order chi connectivity index (χ1) is 4.21. The zero-order valence-corrected chi connectivity index (χ0v) is 5.18. The van der Waals surface area contributed by atoms with E-state index in [1.165, 1.54) is 0 Å². The van der Waals surface area contributed by atoms with Gasteiger partial charge in [0, 0.05) is 13.1 Å². The summed E-state index contributed by atoms with van der Waals surface area (Å²) in [5.41, 5.74) is 2.72. The molecular weight excluding hydrogens is 120 g/mol. The molecule has 0 bridgehead atoms. The molecule has 1 aliphatic heterocycles. The van der Waals surface area contributed by atoms with Crippen molar-refractivity contribution in [2.75, 3.05) is 19.7 Å². The Hall–Kier alpha value is -0.450. The fourth-order valence-electron chi connectivity index (χ4n) is 0.824. The first-order valence-corrected chi connectivity index (χ1v) is 2.89. The fourth-order valence-corrected chi connectivity index (χ4v) is 0.824. The van der Waals surface area contributed by atoms with Crippen LogP contribution < -0.4 is 11.1 Å². The van der Waals surface area contributed by atoms with Crippen molar-refractivity contribution in [3.63, 3.8) is 0 Å². The largest absolute Gasteiger partial charge is 0.395 e. The highest BCUT2D eigenvalue weighted by Crippen LogP contribution is 2.19. The van der Waals surface area contributed by atoms with Crippen molar-refractivity contribution in [2.24, 2.45) is 5.41 Å². The van der Waals surface area contributed by atoms with Crippen LogP contribution in [0.15, 0.2) is 0 Å². The Bertz CT molecular complexity index is 125. The Morgan fingerprint density at radius 1 is 1.78 bits per heavy atom. The summed E-state index contributed by atoms with van der Waals surface area (Å²) in [5, 5.41) is 11.6. The molecule has 1 aliphatic rings. The second-order valence-corrected chi connectivity index (χ2v) is 2.47. The smallest absolute Gasteiger partial charge is 0.319 e. The van der Waals surface area contributed by atoms with E-state index in [1.54, 1.807) is 0 Å². The van der Waals surface area contributed by atoms with Gasteiger partial charge in [-0.2, -0.15) is 0 Å². The molecule has 0 aromatic rings. The van der Waals surface area contributed by atoms with Crippen LogP contribution in [0, 0.1) is 5.41 Å². The van der Waals surface area contributed by atoms with Crippen molar-refractivity contribution in [2.45, 2.75) is 0 Å². The van der Waals surface area contributed by atoms with Crippen LogP contribution in [-0.2, 0) is 4.79 Å². The lowest BCUT2D eigenvalue weighted by Crippen LogP contribution is -2.74. The molecule has 0 saturated carbocycles. The van der Waals surface area contributed by atoms with Crippen molar-refractivity contribution >= 4 is 5.91 Å². The van der Waals surface area contributed by atoms with Crippen molar-refractivity contribution in [3.05, 3.63) is 0 Å². The Kier molecular flexibility index (Phi) is 1.52. The van der Waals surface area contributed by atoms with Gasteiger partial charge in [-0.05, 0) is 0 Å². The van der Waals surface area contributed by atoms with Gasteiger partial charge >= 0.3 is 5.91 Å². The average Bonchev–Trinajstić information content (AvgIpc) is 1.62. The van der Waals surface area contributed by atoms with E-state index >= 15 is 0 Å². The van der Waals surface area contributed by atoms with Crippen LogP contribution in [-0.4, -0.2) is 30.7 Å². The molecule has 52 valence electrons. The maximum absolute atomic E-state index is 10.7. The van der Waals surface area contributed by atoms with Gasteiger partial charge in [-0.15, -0.1) is 0 Å². The van der Waals surface area contributed by atoms with E-state index in [9.17, 15) is 4.79 Å². The molecule has 5 N–H and O–H groups in total. The Balaban J connectivity index is 2.57. The standard InChI is InChI=1S/C5H10N2O2/c6-4(9)5(3-8)1-7-2-5/h7-8H,1-3H2,(H2,6,9)/p+1. The molecule has 1 saturated heterocycles. The van der Waals surface area contributed by atoms with E-state index in [0.29, 0.717) is 13.1 Å². The molecule has 9 heavy (non-hydrogen) atoms. The van der Waals surface area contributed by atoms with E-state index in [-0.39, 0.29) is 12.5 Å². The number of aliphatic hydroxyl groups is 1. The fraction of sp³-hybridized carbons (Fsp3) is 0.800. The van der Waals surface area contributed by atoms with Crippen LogP contribution in [0.1, 0.15) is 0 Å². The van der Waals surface area contributed by atoms with Gasteiger partial charge in [0.1, 0.15) is 5.41 Å². The third-order valence-corrected chi connectivity index (χ3v) is 1.82. The molecule has 1 rings (SSSR count). The number of amides is 1. The van der Waals surface area contributed by atoms with Gasteiger partial charge in [-0.1, -0.05) is 0 Å². The van der Waals surface area contributed by atoms with Crippen LogP contribution in [0.4, 0.5) is 0 Å². The average molecular weight is 131 g/mol. The molecule has 4 heteroatoms. The predicted molar refractivity (Wildman–Crippen MR) is 30.3 cm³/mol. The molecule has 1 amide bonds. The maximum atomic E-state index is 10.7. The third kappa shape index (κ3) is 0.849. The van der Waals surface area contributed by atoms with E-state index in [0.717, 1.165) is 0 Å². The molecule has 1 heterocycles. The second-order valence-electron chi connectivity index (χ2n) is 2.47. The third-order valence-electron chi connectivity index (χ3n) is 1.82. The summed E-state index contributed by atoms with van der Waals surface area (Å²) in [6.45, 7) is 1.07. The number of carbonyl (C=O) groups is 1. The number of quaternary nitrogens is 1. The molecular formula is C5H11N2O2+. The quantitative estimate of drug-likeness (QED) is 0.382. The molecule has 1 fully saturated rings. The van der Waals surface area contributed by atoms with E-state index in [4.69, 9.17) is 5.11 Å². The zero-order chi connectivity index (χ0) is 6.91. The minimum absolute atomic E-state index is 0.0810. The summed E-state index contributed by atoms with van der Waals surface area (Å²) in [4.78, 5) is 10.7. The number of aliphatic hydroxyl groups excluding tert-OH is 1. The van der Waals surface area contributed by atoms with Gasteiger partial charge < -0.3 is 10.4 Å². The van der Waals surface area contributed by atoms with Gasteiger partial charge in [0.05, 0.1) is 6.61 Å². The minimum atomic E-state index is -0.542. The SMILES string of the molecule is [NH3+]C(=O)C1(CO)CNC1. The summed E-state index contributed by atoms with van der Waals surface area (Å²) in [7, 11) is 0. The Morgan fingerprint density at radius 3 is 2.33 bits per heavy atom. The summed E-state index contributed by atoms with van der Waals surface area (Å²) in [5.74, 6) is -0.163. The number of hydrogen-bond donors (Lipinski definition) is 3. The highest BCUT2D eigenvalue weighted by molar-refractivity contribution is 5.74. The maximum Gasteiger partial charge on any atom is 0.319 e. The lowest BCUT2D eigenvalue weighted by molar-refractivity contribution is -0.323. The normalized spacial score (nSPS) is 22.9. The number of hydrogen-bond acceptors (Lipinski definition) is 3. The monoisotopic (exact) mass is 131 g/mol. The summed E-state index contributed by atoms with van der Waals surface area (Å²) >= 11 is 0. The van der Waals surface area contributed by atoms with E-state index in [1.807, 2.05) is 0 Å². The van der Waals surface area contributed by atoms with E-state index < -0.39 is 5.41 Å². The molecule has 0 radical (unpaired) electrons. The predicted octanol–water partition coefficient (Wildman–Crippen LogP) is -2.66. The van der Waals surface area contributed by atoms with E-state index in [2.05, 4.69) is 11.1 Å². The lowest BCUT2D eigenvalue weighted by atomic mass is 9.82. The number of nitrogens with one attached hydrogen (secondary N) is 1. The van der Waals surface area contributed by atoms with Crippen molar-refractivity contribution < 1.29 is 15.6 Å². The number of rotatable bonds is 2. The molecule has 0 aliphatic carbocycles. The van der Waals surface area contributed by atoms with Gasteiger partial charge in [0.15, 0.2) is 0 Å². The molecule has 0 aromatic carbocycles. The zero-order valence-electron chi connectivity index (χ0n) is 5.18. The first-order valence-electron chi connectivity index (χ1n) is 2.89. The number of carbonyl (C=O) groups excluding carboxylic acids is 1. The topological polar surface area (TPSA) is 77.0 Å². The minimum Gasteiger partial charge on any atom is -0.395 e. The second kappa shape index (κ2) is 2.06. The summed E-state index contributed by atoms with van der Waals surface area (Å²) in [6.07, 6.45) is 0. The Labute approximate surface area is 53.0 Å². The van der Waals surface area contributed by atoms with Gasteiger partial charge in [0.25, 0.3) is 0 Å². The molecule has 0 unspecified atom stereocenters. The van der Waals surface area contributed by atoms with Gasteiger partial charge in [-0.3, -0.25) is 5.73 Å². The lowest BCUT2D eigenvalue weighted by Gasteiger charge is -2.35. The summed E-state index contributed by atoms with van der Waals surface area (Å²) in [6, 6.07) is 0. The van der Waals surface area contributed by atoms with Crippen LogP contribution in [0.5, 0.6) is 0 Å². The molecule has 0 aromatic heterocycles. The molecule has 0 atom stereocenters. The Morgan fingerprint density at radius 2 is 2.33 bits per heavy atom. The van der Waals surface area contributed by atoms with Crippen molar-refractivity contribution in [1.29, 1.82) is 0 Å². The highest BCUT2D eigenvalue weighted by atomic mass is 16.3. The van der Waals surface area contributed by atoms with Gasteiger partial charge in [-0.25, -0.2) is 4.79 Å². The molecule has 0 spiro atoms. The van der Waals surface area contributed by atoms with Crippen LogP contribution in [0.25, 0.3) is 0 Å². The van der Waals surface area contributed by atoms with Gasteiger partial charge in [0.2, 0.25) is 0 Å². The van der Waals surface area contributed by atoms with Crippen LogP contribution in [0.3, 0.4) is 0 Å². The van der Waals surface area contributed by atoms with Crippen molar-refractivity contribution in [3.8, 4) is 0 Å². The van der Waals surface area contributed by atoms with Crippen molar-refractivity contribution in [1.82, 2.24) is 5.32 Å². The summed E-state index contributed by atoms with van der Waals surface area (Å²) < 4.78 is 0. The van der Waals surface area contributed by atoms with Crippen LogP contribution >= 0.6 is 0 Å². The van der Waals surface area contributed by atoms with Crippen LogP contribution in [0.2, 0.25) is 0 Å². The molecule has 4 nitrogen and oxygen atoms in total.